The lowest BCUT2D eigenvalue weighted by Crippen LogP contribution is -2.37. The zero-order chi connectivity index (χ0) is 20.5. The Morgan fingerprint density at radius 1 is 1.17 bits per heavy atom. The first kappa shape index (κ1) is 20.6. The topological polar surface area (TPSA) is 115 Å². The van der Waals surface area contributed by atoms with Crippen molar-refractivity contribution in [3.63, 3.8) is 0 Å². The van der Waals surface area contributed by atoms with Crippen molar-refractivity contribution in [1.82, 2.24) is 30.4 Å². The maximum Gasteiger partial charge on any atom is 0.239 e. The number of thioether (sulfide) groups is 1. The third kappa shape index (κ3) is 5.92. The van der Waals surface area contributed by atoms with Gasteiger partial charge in [-0.25, -0.2) is 0 Å². The van der Waals surface area contributed by atoms with Gasteiger partial charge in [0, 0.05) is 24.5 Å². The van der Waals surface area contributed by atoms with E-state index >= 15 is 0 Å². The lowest BCUT2D eigenvalue weighted by molar-refractivity contribution is -0.124. The fraction of sp³-hybridized carbons (Fsp3) is 0.316. The van der Waals surface area contributed by atoms with Crippen LogP contribution < -0.4 is 10.6 Å². The van der Waals surface area contributed by atoms with E-state index in [4.69, 9.17) is 4.42 Å². The summed E-state index contributed by atoms with van der Waals surface area (Å²) in [5.41, 5.74) is 0.815. The van der Waals surface area contributed by atoms with Gasteiger partial charge in [0.15, 0.2) is 11.0 Å². The van der Waals surface area contributed by atoms with Crippen molar-refractivity contribution in [2.45, 2.75) is 25.0 Å². The van der Waals surface area contributed by atoms with Crippen LogP contribution in [0.25, 0.3) is 11.4 Å². The molecule has 3 rings (SSSR count). The van der Waals surface area contributed by atoms with E-state index in [1.807, 2.05) is 35.8 Å². The van der Waals surface area contributed by atoms with Crippen molar-refractivity contribution in [2.75, 3.05) is 18.8 Å². The first-order valence-electron chi connectivity index (χ1n) is 9.19. The molecular weight excluding hydrogens is 392 g/mol. The van der Waals surface area contributed by atoms with Gasteiger partial charge in [0.2, 0.25) is 11.8 Å². The number of hydrogen-bond acceptors (Lipinski definition) is 7. The second kappa shape index (κ2) is 10.4. The molecule has 10 heteroatoms. The molecule has 2 amide bonds. The van der Waals surface area contributed by atoms with Crippen LogP contribution in [0.15, 0.2) is 52.5 Å². The molecule has 3 aromatic rings. The van der Waals surface area contributed by atoms with Gasteiger partial charge in [-0.3, -0.25) is 19.1 Å². The molecule has 0 atom stereocenters. The summed E-state index contributed by atoms with van der Waals surface area (Å²) in [4.78, 5) is 27.8. The minimum absolute atomic E-state index is 0.0422. The van der Waals surface area contributed by atoms with Gasteiger partial charge < -0.3 is 15.1 Å². The maximum atomic E-state index is 12.1. The Balaban J connectivity index is 1.66. The van der Waals surface area contributed by atoms with Crippen LogP contribution in [0.2, 0.25) is 0 Å². The highest BCUT2D eigenvalue weighted by molar-refractivity contribution is 7.99. The average molecular weight is 414 g/mol. The van der Waals surface area contributed by atoms with Crippen LogP contribution in [0.1, 0.15) is 19.1 Å². The van der Waals surface area contributed by atoms with Gasteiger partial charge >= 0.3 is 0 Å². The maximum absolute atomic E-state index is 12.1. The van der Waals surface area contributed by atoms with Crippen molar-refractivity contribution in [3.05, 3.63) is 48.7 Å². The predicted molar refractivity (Wildman–Crippen MR) is 108 cm³/mol. The van der Waals surface area contributed by atoms with Crippen LogP contribution in [0.3, 0.4) is 0 Å². The molecule has 0 unspecified atom stereocenters. The van der Waals surface area contributed by atoms with Crippen LogP contribution >= 0.6 is 11.8 Å². The largest absolute Gasteiger partial charge is 0.467 e. The summed E-state index contributed by atoms with van der Waals surface area (Å²) in [5, 5.41) is 14.4. The molecule has 9 nitrogen and oxygen atoms in total. The predicted octanol–water partition coefficient (Wildman–Crippen LogP) is 1.72. The number of carbonyl (C=O) groups excluding carboxylic acids is 2. The van der Waals surface area contributed by atoms with Gasteiger partial charge in [0.1, 0.15) is 5.76 Å². The van der Waals surface area contributed by atoms with Gasteiger partial charge in [0.05, 0.1) is 25.1 Å². The van der Waals surface area contributed by atoms with Crippen LogP contribution in [-0.2, 0) is 16.1 Å². The number of carbonyl (C=O) groups is 2. The molecule has 0 fully saturated rings. The van der Waals surface area contributed by atoms with Crippen molar-refractivity contribution >= 4 is 23.6 Å². The molecule has 3 aromatic heterocycles. The molecule has 0 spiro atoms. The SMILES string of the molecule is CCCNC(=O)CNC(=O)CSc1nnc(-c2cccnc2)n1Cc1ccco1. The van der Waals surface area contributed by atoms with Crippen molar-refractivity contribution in [2.24, 2.45) is 0 Å². The zero-order valence-corrected chi connectivity index (χ0v) is 16.8. The Morgan fingerprint density at radius 2 is 2.07 bits per heavy atom. The number of pyridine rings is 1. The second-order valence-electron chi connectivity index (χ2n) is 6.13. The standard InChI is InChI=1S/C19H22N6O3S/c1-2-7-21-16(26)11-22-17(27)13-29-19-24-23-18(14-5-3-8-20-10-14)25(19)12-15-6-4-9-28-15/h3-6,8-10H,2,7,11-13H2,1H3,(H,21,26)(H,22,27). The summed E-state index contributed by atoms with van der Waals surface area (Å²) < 4.78 is 7.33. The summed E-state index contributed by atoms with van der Waals surface area (Å²) in [7, 11) is 0. The summed E-state index contributed by atoms with van der Waals surface area (Å²) >= 11 is 1.25. The summed E-state index contributed by atoms with van der Waals surface area (Å²) in [5.74, 6) is 1.04. The first-order valence-corrected chi connectivity index (χ1v) is 10.2. The molecule has 152 valence electrons. The molecule has 0 radical (unpaired) electrons. The number of amides is 2. The highest BCUT2D eigenvalue weighted by Crippen LogP contribution is 2.24. The highest BCUT2D eigenvalue weighted by Gasteiger charge is 2.17. The molecule has 0 aliphatic heterocycles. The van der Waals surface area contributed by atoms with Crippen LogP contribution in [-0.4, -0.2) is 50.4 Å². The average Bonchev–Trinajstić information content (AvgIpc) is 3.40. The third-order valence-electron chi connectivity index (χ3n) is 3.88. The van der Waals surface area contributed by atoms with Crippen molar-refractivity contribution in [1.29, 1.82) is 0 Å². The zero-order valence-electron chi connectivity index (χ0n) is 16.0. The first-order chi connectivity index (χ1) is 14.2. The summed E-state index contributed by atoms with van der Waals surface area (Å²) in [6.07, 6.45) is 5.85. The van der Waals surface area contributed by atoms with Crippen LogP contribution in [0, 0.1) is 0 Å². The monoisotopic (exact) mass is 414 g/mol. The number of aromatic nitrogens is 4. The number of rotatable bonds is 10. The molecule has 29 heavy (non-hydrogen) atoms. The molecule has 0 saturated heterocycles. The normalized spacial score (nSPS) is 10.7. The van der Waals surface area contributed by atoms with Gasteiger partial charge in [-0.15, -0.1) is 10.2 Å². The number of nitrogens with zero attached hydrogens (tertiary/aromatic N) is 4. The minimum Gasteiger partial charge on any atom is -0.467 e. The van der Waals surface area contributed by atoms with Gasteiger partial charge in [-0.2, -0.15) is 0 Å². The molecule has 0 aromatic carbocycles. The van der Waals surface area contributed by atoms with Gasteiger partial charge in [-0.05, 0) is 30.7 Å². The van der Waals surface area contributed by atoms with E-state index < -0.39 is 0 Å². The number of furan rings is 1. The smallest absolute Gasteiger partial charge is 0.239 e. The highest BCUT2D eigenvalue weighted by atomic mass is 32.2. The lowest BCUT2D eigenvalue weighted by atomic mass is 10.2. The molecule has 0 aliphatic rings. The summed E-state index contributed by atoms with van der Waals surface area (Å²) in [6.45, 7) is 2.94. The Morgan fingerprint density at radius 3 is 2.79 bits per heavy atom. The molecule has 3 heterocycles. The van der Waals surface area contributed by atoms with Crippen LogP contribution in [0.4, 0.5) is 0 Å². The van der Waals surface area contributed by atoms with E-state index in [-0.39, 0.29) is 24.1 Å². The molecule has 0 bridgehead atoms. The van der Waals surface area contributed by atoms with E-state index in [0.29, 0.717) is 24.1 Å². The van der Waals surface area contributed by atoms with E-state index in [1.165, 1.54) is 11.8 Å². The van der Waals surface area contributed by atoms with E-state index in [9.17, 15) is 9.59 Å². The van der Waals surface area contributed by atoms with Crippen molar-refractivity contribution in [3.8, 4) is 11.4 Å². The van der Waals surface area contributed by atoms with Gasteiger partial charge in [0.25, 0.3) is 0 Å². The Labute approximate surface area is 172 Å². The Kier molecular flexibility index (Phi) is 7.40. The van der Waals surface area contributed by atoms with E-state index in [1.54, 1.807) is 18.7 Å². The van der Waals surface area contributed by atoms with E-state index in [2.05, 4.69) is 25.8 Å². The fourth-order valence-electron chi connectivity index (χ4n) is 2.49. The fourth-order valence-corrected chi connectivity index (χ4v) is 3.26. The molecule has 0 saturated carbocycles. The third-order valence-corrected chi connectivity index (χ3v) is 4.85. The molecule has 0 aliphatic carbocycles. The second-order valence-corrected chi connectivity index (χ2v) is 7.07. The van der Waals surface area contributed by atoms with E-state index in [0.717, 1.165) is 17.7 Å². The quantitative estimate of drug-likeness (QED) is 0.485. The molecular formula is C19H22N6O3S. The Hall–Kier alpha value is -3.14. The number of hydrogen-bond donors (Lipinski definition) is 2. The number of nitrogens with one attached hydrogen (secondary N) is 2. The van der Waals surface area contributed by atoms with Crippen LogP contribution in [0.5, 0.6) is 0 Å². The Bertz CT molecular complexity index is 927. The molecule has 2 N–H and O–H groups in total. The van der Waals surface area contributed by atoms with Gasteiger partial charge in [-0.1, -0.05) is 18.7 Å². The lowest BCUT2D eigenvalue weighted by Gasteiger charge is -2.09. The summed E-state index contributed by atoms with van der Waals surface area (Å²) in [6, 6.07) is 7.40. The minimum atomic E-state index is -0.253. The van der Waals surface area contributed by atoms with Crippen molar-refractivity contribution < 1.29 is 14.0 Å².